The number of pyridine rings is 1. The first-order chi connectivity index (χ1) is 8.58. The number of rotatable bonds is 2. The van der Waals surface area contributed by atoms with Gasteiger partial charge in [0.1, 0.15) is 5.82 Å². The minimum atomic E-state index is 0.170. The third kappa shape index (κ3) is 2.81. The molecular weight excluding hydrogens is 226 g/mol. The average Bonchev–Trinajstić information content (AvgIpc) is 2.39. The second-order valence-electron chi connectivity index (χ2n) is 5.12. The van der Waals surface area contributed by atoms with Gasteiger partial charge in [-0.3, -0.25) is 4.79 Å². The van der Waals surface area contributed by atoms with Crippen LogP contribution < -0.4 is 4.90 Å². The van der Waals surface area contributed by atoms with Crippen molar-refractivity contribution in [1.82, 2.24) is 9.88 Å². The molecule has 1 amide bonds. The Hall–Kier alpha value is -1.58. The fraction of sp³-hybridized carbons (Fsp3) is 0.571. The smallest absolute Gasteiger partial charge is 0.219 e. The lowest BCUT2D eigenvalue weighted by molar-refractivity contribution is -0.130. The van der Waals surface area contributed by atoms with E-state index in [1.807, 2.05) is 36.0 Å². The van der Waals surface area contributed by atoms with Gasteiger partial charge < -0.3 is 9.80 Å². The van der Waals surface area contributed by atoms with Gasteiger partial charge in [0.05, 0.1) is 0 Å². The summed E-state index contributed by atoms with van der Waals surface area (Å²) in [4.78, 5) is 20.1. The number of nitrogens with zero attached hydrogens (tertiary/aromatic N) is 3. The molecule has 0 spiro atoms. The van der Waals surface area contributed by atoms with Crippen LogP contribution in [0.3, 0.4) is 0 Å². The van der Waals surface area contributed by atoms with Gasteiger partial charge in [-0.15, -0.1) is 0 Å². The van der Waals surface area contributed by atoms with Crippen molar-refractivity contribution in [3.8, 4) is 0 Å². The van der Waals surface area contributed by atoms with Crippen molar-refractivity contribution in [3.63, 3.8) is 0 Å². The predicted octanol–water partition coefficient (Wildman–Crippen LogP) is 1.87. The normalized spacial score (nSPS) is 19.7. The summed E-state index contributed by atoms with van der Waals surface area (Å²) in [6, 6.07) is 6.13. The number of anilines is 1. The number of carbonyl (C=O) groups excluding carboxylic acids is 1. The highest BCUT2D eigenvalue weighted by molar-refractivity contribution is 5.73. The van der Waals surface area contributed by atoms with E-state index >= 15 is 0 Å². The Labute approximate surface area is 109 Å². The SMILES string of the molecule is CC(=O)N1CCC[C@@H](c2cccc(N(C)C)n2)C1. The molecule has 18 heavy (non-hydrogen) atoms. The number of piperidine rings is 1. The molecule has 1 aliphatic rings. The van der Waals surface area contributed by atoms with E-state index in [1.165, 1.54) is 0 Å². The molecule has 4 nitrogen and oxygen atoms in total. The second-order valence-corrected chi connectivity index (χ2v) is 5.12. The number of likely N-dealkylation sites (tertiary alicyclic amines) is 1. The highest BCUT2D eigenvalue weighted by atomic mass is 16.2. The Morgan fingerprint density at radius 1 is 1.44 bits per heavy atom. The fourth-order valence-corrected chi connectivity index (χ4v) is 2.42. The standard InChI is InChI=1S/C14H21N3O/c1-11(18)17-9-5-6-12(10-17)13-7-4-8-14(15-13)16(2)3/h4,7-8,12H,5-6,9-10H2,1-3H3/t12-/m1/s1. The maximum Gasteiger partial charge on any atom is 0.219 e. The van der Waals surface area contributed by atoms with Gasteiger partial charge in [-0.05, 0) is 25.0 Å². The lowest BCUT2D eigenvalue weighted by Gasteiger charge is -2.32. The van der Waals surface area contributed by atoms with Crippen molar-refractivity contribution < 1.29 is 4.79 Å². The number of hydrogen-bond donors (Lipinski definition) is 0. The number of aromatic nitrogens is 1. The topological polar surface area (TPSA) is 36.4 Å². The summed E-state index contributed by atoms with van der Waals surface area (Å²) < 4.78 is 0. The first-order valence-electron chi connectivity index (χ1n) is 6.47. The molecular formula is C14H21N3O. The zero-order valence-corrected chi connectivity index (χ0v) is 11.4. The minimum absolute atomic E-state index is 0.170. The zero-order valence-electron chi connectivity index (χ0n) is 11.4. The van der Waals surface area contributed by atoms with Crippen LogP contribution in [0.2, 0.25) is 0 Å². The van der Waals surface area contributed by atoms with Crippen molar-refractivity contribution >= 4 is 11.7 Å². The van der Waals surface area contributed by atoms with Crippen LogP contribution in [0.5, 0.6) is 0 Å². The molecule has 0 unspecified atom stereocenters. The number of hydrogen-bond acceptors (Lipinski definition) is 3. The van der Waals surface area contributed by atoms with Crippen molar-refractivity contribution in [1.29, 1.82) is 0 Å². The molecule has 0 aromatic carbocycles. The molecule has 2 heterocycles. The van der Waals surface area contributed by atoms with E-state index in [4.69, 9.17) is 0 Å². The average molecular weight is 247 g/mol. The maximum absolute atomic E-state index is 11.4. The summed E-state index contributed by atoms with van der Waals surface area (Å²) in [6.45, 7) is 3.34. The van der Waals surface area contributed by atoms with Crippen molar-refractivity contribution in [2.45, 2.75) is 25.7 Å². The minimum Gasteiger partial charge on any atom is -0.363 e. The van der Waals surface area contributed by atoms with E-state index in [1.54, 1.807) is 6.92 Å². The van der Waals surface area contributed by atoms with Gasteiger partial charge in [-0.2, -0.15) is 0 Å². The van der Waals surface area contributed by atoms with E-state index in [0.717, 1.165) is 37.4 Å². The highest BCUT2D eigenvalue weighted by Gasteiger charge is 2.23. The molecule has 0 aliphatic carbocycles. The molecule has 98 valence electrons. The van der Waals surface area contributed by atoms with E-state index < -0.39 is 0 Å². The Bertz CT molecular complexity index is 431. The monoisotopic (exact) mass is 247 g/mol. The summed E-state index contributed by atoms with van der Waals surface area (Å²) in [7, 11) is 3.99. The summed E-state index contributed by atoms with van der Waals surface area (Å²) in [5.41, 5.74) is 1.10. The van der Waals surface area contributed by atoms with Gasteiger partial charge in [0.15, 0.2) is 0 Å². The van der Waals surface area contributed by atoms with Crippen LogP contribution in [0, 0.1) is 0 Å². The van der Waals surface area contributed by atoms with Gasteiger partial charge in [0, 0.05) is 45.7 Å². The van der Waals surface area contributed by atoms with Gasteiger partial charge in [0.2, 0.25) is 5.91 Å². The van der Waals surface area contributed by atoms with Crippen LogP contribution in [0.4, 0.5) is 5.82 Å². The molecule has 1 atom stereocenters. The summed E-state index contributed by atoms with van der Waals surface area (Å²) in [5.74, 6) is 1.53. The third-order valence-corrected chi connectivity index (χ3v) is 3.50. The Morgan fingerprint density at radius 3 is 2.89 bits per heavy atom. The lowest BCUT2D eigenvalue weighted by Crippen LogP contribution is -2.37. The third-order valence-electron chi connectivity index (χ3n) is 3.50. The summed E-state index contributed by atoms with van der Waals surface area (Å²) in [5, 5.41) is 0. The molecule has 1 aliphatic heterocycles. The largest absolute Gasteiger partial charge is 0.363 e. The first-order valence-corrected chi connectivity index (χ1v) is 6.47. The molecule has 1 saturated heterocycles. The van der Waals surface area contributed by atoms with Gasteiger partial charge >= 0.3 is 0 Å². The summed E-state index contributed by atoms with van der Waals surface area (Å²) in [6.07, 6.45) is 2.19. The first kappa shape index (κ1) is 12.9. The van der Waals surface area contributed by atoms with Crippen molar-refractivity contribution in [2.24, 2.45) is 0 Å². The molecule has 0 radical (unpaired) electrons. The van der Waals surface area contributed by atoms with Gasteiger partial charge in [-0.25, -0.2) is 4.98 Å². The molecule has 0 N–H and O–H groups in total. The molecule has 1 aromatic rings. The van der Waals surface area contributed by atoms with E-state index in [9.17, 15) is 4.79 Å². The Balaban J connectivity index is 2.15. The van der Waals surface area contributed by atoms with Crippen LogP contribution in [-0.2, 0) is 4.79 Å². The van der Waals surface area contributed by atoms with Crippen molar-refractivity contribution in [3.05, 3.63) is 23.9 Å². The maximum atomic E-state index is 11.4. The Morgan fingerprint density at radius 2 is 2.22 bits per heavy atom. The highest BCUT2D eigenvalue weighted by Crippen LogP contribution is 2.26. The van der Waals surface area contributed by atoms with E-state index in [0.29, 0.717) is 5.92 Å². The second kappa shape index (κ2) is 5.38. The molecule has 0 saturated carbocycles. The van der Waals surface area contributed by atoms with Crippen LogP contribution in [-0.4, -0.2) is 43.0 Å². The zero-order chi connectivity index (χ0) is 13.1. The number of amides is 1. The van der Waals surface area contributed by atoms with Crippen LogP contribution in [0.15, 0.2) is 18.2 Å². The quantitative estimate of drug-likeness (QED) is 0.800. The molecule has 4 heteroatoms. The van der Waals surface area contributed by atoms with E-state index in [2.05, 4.69) is 11.1 Å². The van der Waals surface area contributed by atoms with Crippen LogP contribution >= 0.6 is 0 Å². The van der Waals surface area contributed by atoms with Crippen LogP contribution in [0.1, 0.15) is 31.4 Å². The molecule has 0 bridgehead atoms. The molecule has 2 rings (SSSR count). The predicted molar refractivity (Wildman–Crippen MR) is 72.8 cm³/mol. The van der Waals surface area contributed by atoms with Gasteiger partial charge in [0.25, 0.3) is 0 Å². The Kier molecular flexibility index (Phi) is 3.84. The van der Waals surface area contributed by atoms with Crippen LogP contribution in [0.25, 0.3) is 0 Å². The molecule has 1 fully saturated rings. The van der Waals surface area contributed by atoms with Gasteiger partial charge in [-0.1, -0.05) is 6.07 Å². The summed E-state index contributed by atoms with van der Waals surface area (Å²) >= 11 is 0. The molecule has 1 aromatic heterocycles. The van der Waals surface area contributed by atoms with E-state index in [-0.39, 0.29) is 5.91 Å². The van der Waals surface area contributed by atoms with Crippen molar-refractivity contribution in [2.75, 3.05) is 32.1 Å². The fourth-order valence-electron chi connectivity index (χ4n) is 2.42. The lowest BCUT2D eigenvalue weighted by atomic mass is 9.94. The number of carbonyl (C=O) groups is 1.